The quantitative estimate of drug-likeness (QED) is 0.518. The normalized spacial score (nSPS) is 17.5. The Bertz CT molecular complexity index is 582. The Morgan fingerprint density at radius 3 is 2.85 bits per heavy atom. The van der Waals surface area contributed by atoms with E-state index in [1.165, 1.54) is 7.11 Å². The Morgan fingerprint density at radius 1 is 1.50 bits per heavy atom. The summed E-state index contributed by atoms with van der Waals surface area (Å²) in [6.45, 7) is 4.22. The van der Waals surface area contributed by atoms with Gasteiger partial charge in [0, 0.05) is 55.0 Å². The number of pyridine rings is 1. The monoisotopic (exact) mass is 429 g/mol. The van der Waals surface area contributed by atoms with Gasteiger partial charge in [-0.05, 0) is 41.3 Å². The second kappa shape index (κ2) is 10.8. The molecule has 26 heavy (non-hydrogen) atoms. The van der Waals surface area contributed by atoms with Gasteiger partial charge < -0.3 is 25.2 Å². The summed E-state index contributed by atoms with van der Waals surface area (Å²) < 4.78 is 10.9. The van der Waals surface area contributed by atoms with E-state index < -0.39 is 5.97 Å². The molecule has 0 spiro atoms. The molecule has 1 aliphatic rings. The molecule has 0 saturated carbocycles. The Morgan fingerprint density at radius 2 is 2.23 bits per heavy atom. The van der Waals surface area contributed by atoms with Crippen molar-refractivity contribution < 1.29 is 19.4 Å². The van der Waals surface area contributed by atoms with Crippen molar-refractivity contribution >= 4 is 27.7 Å². The summed E-state index contributed by atoms with van der Waals surface area (Å²) >= 11 is 3.32. The summed E-state index contributed by atoms with van der Waals surface area (Å²) in [6.07, 6.45) is 4.51. The third kappa shape index (κ3) is 5.90. The molecular formula is C18H28BrN3O4. The lowest BCUT2D eigenvalue weighted by molar-refractivity contribution is 0.0601. The summed E-state index contributed by atoms with van der Waals surface area (Å²) in [7, 11) is 1.34. The largest absolute Gasteiger partial charge is 0.465 e. The molecule has 1 aromatic heterocycles. The van der Waals surface area contributed by atoms with Crippen LogP contribution in [-0.2, 0) is 9.47 Å². The Hall–Kier alpha value is -1.22. The number of rotatable bonds is 9. The van der Waals surface area contributed by atoms with E-state index in [0.717, 1.165) is 32.5 Å². The fourth-order valence-corrected chi connectivity index (χ4v) is 3.49. The number of carbonyl (C=O) groups excluding carboxylic acids is 1. The third-order valence-electron chi connectivity index (χ3n) is 4.71. The van der Waals surface area contributed by atoms with Gasteiger partial charge in [0.05, 0.1) is 7.11 Å². The number of aliphatic hydroxyl groups is 1. The molecule has 1 fully saturated rings. The van der Waals surface area contributed by atoms with Crippen LogP contribution < -0.4 is 10.6 Å². The number of hydrogen-bond acceptors (Lipinski definition) is 7. The van der Waals surface area contributed by atoms with Crippen LogP contribution in [0.3, 0.4) is 0 Å². The SMILES string of the molecule is CCC(NC1CCOCC1)C(CO)CNc1ncc(Br)cc1C(=O)OC. The lowest BCUT2D eigenvalue weighted by Gasteiger charge is -2.32. The van der Waals surface area contributed by atoms with Crippen LogP contribution in [0.2, 0.25) is 0 Å². The predicted molar refractivity (Wildman–Crippen MR) is 103 cm³/mol. The first kappa shape index (κ1) is 21.1. The number of nitrogens with one attached hydrogen (secondary N) is 2. The number of esters is 1. The number of halogens is 1. The molecule has 1 aromatic rings. The van der Waals surface area contributed by atoms with E-state index in [1.807, 2.05) is 0 Å². The van der Waals surface area contributed by atoms with Crippen molar-refractivity contribution in [2.45, 2.75) is 38.3 Å². The Labute approximate surface area is 163 Å². The van der Waals surface area contributed by atoms with Gasteiger partial charge in [-0.2, -0.15) is 0 Å². The summed E-state index contributed by atoms with van der Waals surface area (Å²) in [5.41, 5.74) is 0.365. The molecule has 2 atom stereocenters. The smallest absolute Gasteiger partial charge is 0.341 e. The van der Waals surface area contributed by atoms with Crippen LogP contribution in [0.1, 0.15) is 36.5 Å². The molecule has 1 aliphatic heterocycles. The van der Waals surface area contributed by atoms with E-state index in [1.54, 1.807) is 12.3 Å². The van der Waals surface area contributed by atoms with Crippen molar-refractivity contribution in [3.8, 4) is 0 Å². The highest BCUT2D eigenvalue weighted by Crippen LogP contribution is 2.20. The van der Waals surface area contributed by atoms with Crippen LogP contribution in [0.15, 0.2) is 16.7 Å². The van der Waals surface area contributed by atoms with Gasteiger partial charge in [-0.3, -0.25) is 0 Å². The van der Waals surface area contributed by atoms with E-state index in [4.69, 9.17) is 9.47 Å². The second-order valence-corrected chi connectivity index (χ2v) is 7.35. The van der Waals surface area contributed by atoms with E-state index in [2.05, 4.69) is 38.5 Å². The maximum Gasteiger partial charge on any atom is 0.341 e. The Kier molecular flexibility index (Phi) is 8.77. The molecule has 0 aromatic carbocycles. The van der Waals surface area contributed by atoms with Crippen molar-refractivity contribution in [1.29, 1.82) is 0 Å². The van der Waals surface area contributed by atoms with E-state index in [0.29, 0.717) is 28.4 Å². The molecule has 2 heterocycles. The van der Waals surface area contributed by atoms with Crippen LogP contribution in [-0.4, -0.2) is 61.6 Å². The zero-order valence-corrected chi connectivity index (χ0v) is 16.9. The maximum absolute atomic E-state index is 12.0. The number of aliphatic hydroxyl groups excluding tert-OH is 1. The van der Waals surface area contributed by atoms with Gasteiger partial charge in [0.15, 0.2) is 0 Å². The number of ether oxygens (including phenoxy) is 2. The predicted octanol–water partition coefficient (Wildman–Crippen LogP) is 2.20. The van der Waals surface area contributed by atoms with Gasteiger partial charge in [0.25, 0.3) is 0 Å². The summed E-state index contributed by atoms with van der Waals surface area (Å²) in [4.78, 5) is 16.2. The Balaban J connectivity index is 2.01. The summed E-state index contributed by atoms with van der Waals surface area (Å²) in [5, 5.41) is 16.7. The van der Waals surface area contributed by atoms with E-state index >= 15 is 0 Å². The molecule has 7 nitrogen and oxygen atoms in total. The van der Waals surface area contributed by atoms with Crippen LogP contribution in [0.5, 0.6) is 0 Å². The van der Waals surface area contributed by atoms with Crippen molar-refractivity contribution in [2.75, 3.05) is 38.8 Å². The van der Waals surface area contributed by atoms with Crippen LogP contribution in [0, 0.1) is 5.92 Å². The fourth-order valence-electron chi connectivity index (χ4n) is 3.16. The van der Waals surface area contributed by atoms with Gasteiger partial charge in [0.2, 0.25) is 0 Å². The first-order valence-corrected chi connectivity index (χ1v) is 9.80. The van der Waals surface area contributed by atoms with E-state index in [-0.39, 0.29) is 18.6 Å². The van der Waals surface area contributed by atoms with E-state index in [9.17, 15) is 9.90 Å². The van der Waals surface area contributed by atoms with Crippen LogP contribution in [0.25, 0.3) is 0 Å². The first-order chi connectivity index (χ1) is 12.6. The average molecular weight is 430 g/mol. The van der Waals surface area contributed by atoms with Gasteiger partial charge in [-0.25, -0.2) is 9.78 Å². The van der Waals surface area contributed by atoms with Crippen molar-refractivity contribution in [3.63, 3.8) is 0 Å². The number of anilines is 1. The topological polar surface area (TPSA) is 92.7 Å². The minimum atomic E-state index is -0.450. The van der Waals surface area contributed by atoms with Crippen molar-refractivity contribution in [2.24, 2.45) is 5.92 Å². The highest BCUT2D eigenvalue weighted by molar-refractivity contribution is 9.10. The fraction of sp³-hybridized carbons (Fsp3) is 0.667. The number of methoxy groups -OCH3 is 1. The molecule has 1 saturated heterocycles. The van der Waals surface area contributed by atoms with Gasteiger partial charge in [0.1, 0.15) is 11.4 Å². The molecule has 8 heteroatoms. The molecule has 0 amide bonds. The van der Waals surface area contributed by atoms with Crippen LogP contribution in [0.4, 0.5) is 5.82 Å². The number of carbonyl (C=O) groups is 1. The molecular weight excluding hydrogens is 402 g/mol. The molecule has 0 radical (unpaired) electrons. The molecule has 146 valence electrons. The number of nitrogens with zero attached hydrogens (tertiary/aromatic N) is 1. The average Bonchev–Trinajstić information content (AvgIpc) is 2.68. The lowest BCUT2D eigenvalue weighted by Crippen LogP contribution is -2.47. The standard InChI is InChI=1S/C18H28BrN3O4/c1-3-16(22-14-4-6-26-7-5-14)12(11-23)9-20-17-15(18(24)25-2)8-13(19)10-21-17/h8,10,12,14,16,22-23H,3-7,9,11H2,1-2H3,(H,20,21). The minimum absolute atomic E-state index is 0.00112. The van der Waals surface area contributed by atoms with Crippen LogP contribution >= 0.6 is 15.9 Å². The molecule has 0 aliphatic carbocycles. The molecule has 0 bridgehead atoms. The van der Waals surface area contributed by atoms with Gasteiger partial charge in [-0.15, -0.1) is 0 Å². The second-order valence-electron chi connectivity index (χ2n) is 6.43. The maximum atomic E-state index is 12.0. The molecule has 2 rings (SSSR count). The molecule has 3 N–H and O–H groups in total. The number of hydrogen-bond donors (Lipinski definition) is 3. The zero-order valence-electron chi connectivity index (χ0n) is 15.3. The zero-order chi connectivity index (χ0) is 18.9. The summed E-state index contributed by atoms with van der Waals surface area (Å²) in [6, 6.07) is 2.26. The third-order valence-corrected chi connectivity index (χ3v) is 5.14. The molecule has 2 unspecified atom stereocenters. The van der Waals surface area contributed by atoms with Gasteiger partial charge >= 0.3 is 5.97 Å². The number of aromatic nitrogens is 1. The van der Waals surface area contributed by atoms with Crippen molar-refractivity contribution in [1.82, 2.24) is 10.3 Å². The summed E-state index contributed by atoms with van der Waals surface area (Å²) in [5.74, 6) is 0.00688. The lowest BCUT2D eigenvalue weighted by atomic mass is 9.95. The highest BCUT2D eigenvalue weighted by atomic mass is 79.9. The minimum Gasteiger partial charge on any atom is -0.465 e. The first-order valence-electron chi connectivity index (χ1n) is 9.01. The van der Waals surface area contributed by atoms with Crippen molar-refractivity contribution in [3.05, 3.63) is 22.3 Å². The highest BCUT2D eigenvalue weighted by Gasteiger charge is 2.24. The van der Waals surface area contributed by atoms with Gasteiger partial charge in [-0.1, -0.05) is 6.92 Å².